The molecule has 0 N–H and O–H groups in total. The van der Waals surface area contributed by atoms with Crippen molar-refractivity contribution >= 4 is 5.78 Å². The number of ether oxygens (including phenoxy) is 1. The SMILES string of the molecule is CC(=O)c1ccc(OCCCCC#N)cc1F. The minimum Gasteiger partial charge on any atom is -0.493 e. The number of nitrogens with zero attached hydrogens (tertiary/aromatic N) is 1. The topological polar surface area (TPSA) is 50.1 Å². The lowest BCUT2D eigenvalue weighted by Crippen LogP contribution is -2.00. The standard InChI is InChI=1S/C13H14FNO2/c1-10(16)12-6-5-11(9-13(12)14)17-8-4-2-3-7-15/h5-6,9H,2-4,8H2,1H3. The highest BCUT2D eigenvalue weighted by Gasteiger charge is 2.07. The average Bonchev–Trinajstić information content (AvgIpc) is 2.28. The van der Waals surface area contributed by atoms with Crippen molar-refractivity contribution in [3.63, 3.8) is 0 Å². The van der Waals surface area contributed by atoms with Gasteiger partial charge in [0.25, 0.3) is 0 Å². The van der Waals surface area contributed by atoms with Gasteiger partial charge in [0.2, 0.25) is 0 Å². The van der Waals surface area contributed by atoms with E-state index in [4.69, 9.17) is 10.00 Å². The van der Waals surface area contributed by atoms with Gasteiger partial charge in [-0.05, 0) is 31.9 Å². The van der Waals surface area contributed by atoms with Crippen LogP contribution in [0, 0.1) is 17.1 Å². The first-order chi connectivity index (χ1) is 8.15. The predicted octanol–water partition coefficient (Wildman–Crippen LogP) is 3.10. The Morgan fingerprint density at radius 3 is 2.82 bits per heavy atom. The number of ketones is 1. The molecule has 0 aromatic heterocycles. The van der Waals surface area contributed by atoms with Crippen LogP contribution in [0.1, 0.15) is 36.5 Å². The fraction of sp³-hybridized carbons (Fsp3) is 0.385. The number of hydrogen-bond acceptors (Lipinski definition) is 3. The summed E-state index contributed by atoms with van der Waals surface area (Å²) in [5, 5.41) is 8.33. The van der Waals surface area contributed by atoms with Gasteiger partial charge < -0.3 is 4.74 Å². The van der Waals surface area contributed by atoms with Crippen LogP contribution in [0.2, 0.25) is 0 Å². The van der Waals surface area contributed by atoms with Crippen molar-refractivity contribution in [1.29, 1.82) is 5.26 Å². The van der Waals surface area contributed by atoms with Gasteiger partial charge in [0, 0.05) is 12.5 Å². The van der Waals surface area contributed by atoms with Crippen molar-refractivity contribution in [2.45, 2.75) is 26.2 Å². The van der Waals surface area contributed by atoms with Gasteiger partial charge in [-0.2, -0.15) is 5.26 Å². The summed E-state index contributed by atoms with van der Waals surface area (Å²) in [5.41, 5.74) is 0.0711. The molecule has 0 aliphatic heterocycles. The van der Waals surface area contributed by atoms with Gasteiger partial charge in [-0.3, -0.25) is 4.79 Å². The maximum atomic E-state index is 13.4. The van der Waals surface area contributed by atoms with E-state index in [1.165, 1.54) is 19.1 Å². The van der Waals surface area contributed by atoms with Crippen LogP contribution in [0.15, 0.2) is 18.2 Å². The molecular formula is C13H14FNO2. The highest BCUT2D eigenvalue weighted by atomic mass is 19.1. The number of halogens is 1. The van der Waals surface area contributed by atoms with Gasteiger partial charge in [0.15, 0.2) is 5.78 Å². The van der Waals surface area contributed by atoms with Crippen LogP contribution >= 0.6 is 0 Å². The average molecular weight is 235 g/mol. The van der Waals surface area contributed by atoms with Crippen molar-refractivity contribution < 1.29 is 13.9 Å². The van der Waals surface area contributed by atoms with Crippen LogP contribution < -0.4 is 4.74 Å². The second-order valence-corrected chi connectivity index (χ2v) is 3.66. The third-order valence-corrected chi connectivity index (χ3v) is 2.27. The molecule has 90 valence electrons. The Morgan fingerprint density at radius 1 is 1.47 bits per heavy atom. The number of nitriles is 1. The van der Waals surface area contributed by atoms with Crippen LogP contribution in [0.3, 0.4) is 0 Å². The zero-order valence-electron chi connectivity index (χ0n) is 9.70. The molecule has 0 heterocycles. The number of unbranched alkanes of at least 4 members (excludes halogenated alkanes) is 2. The summed E-state index contributed by atoms with van der Waals surface area (Å²) in [4.78, 5) is 11.0. The normalized spacial score (nSPS) is 9.71. The fourth-order valence-electron chi connectivity index (χ4n) is 1.37. The summed E-state index contributed by atoms with van der Waals surface area (Å²) in [6.07, 6.45) is 2.02. The van der Waals surface area contributed by atoms with Crippen molar-refractivity contribution in [3.8, 4) is 11.8 Å². The maximum Gasteiger partial charge on any atom is 0.162 e. The highest BCUT2D eigenvalue weighted by Crippen LogP contribution is 2.17. The number of benzene rings is 1. The van der Waals surface area contributed by atoms with Crippen LogP contribution in [0.4, 0.5) is 4.39 Å². The number of carbonyl (C=O) groups excluding carboxylic acids is 1. The van der Waals surface area contributed by atoms with Gasteiger partial charge in [0.05, 0.1) is 18.2 Å². The molecule has 0 saturated heterocycles. The largest absolute Gasteiger partial charge is 0.493 e. The van der Waals surface area contributed by atoms with Crippen molar-refractivity contribution in [2.75, 3.05) is 6.61 Å². The van der Waals surface area contributed by atoms with Crippen LogP contribution in [0.25, 0.3) is 0 Å². The number of rotatable bonds is 6. The zero-order chi connectivity index (χ0) is 12.7. The van der Waals surface area contributed by atoms with Gasteiger partial charge in [-0.25, -0.2) is 4.39 Å². The first-order valence-corrected chi connectivity index (χ1v) is 5.45. The Kier molecular flexibility index (Phi) is 5.15. The minimum absolute atomic E-state index is 0.0711. The molecule has 3 nitrogen and oxygen atoms in total. The van der Waals surface area contributed by atoms with E-state index in [9.17, 15) is 9.18 Å². The molecule has 0 aliphatic carbocycles. The van der Waals surface area contributed by atoms with Crippen LogP contribution in [-0.2, 0) is 0 Å². The number of carbonyl (C=O) groups is 1. The van der Waals surface area contributed by atoms with E-state index >= 15 is 0 Å². The Morgan fingerprint density at radius 2 is 2.24 bits per heavy atom. The molecular weight excluding hydrogens is 221 g/mol. The fourth-order valence-corrected chi connectivity index (χ4v) is 1.37. The van der Waals surface area contributed by atoms with Crippen LogP contribution in [0.5, 0.6) is 5.75 Å². The first-order valence-electron chi connectivity index (χ1n) is 5.45. The monoisotopic (exact) mass is 235 g/mol. The summed E-state index contributed by atoms with van der Waals surface area (Å²) in [6.45, 7) is 1.77. The third kappa shape index (κ3) is 4.23. The van der Waals surface area contributed by atoms with E-state index in [-0.39, 0.29) is 11.3 Å². The van der Waals surface area contributed by atoms with E-state index in [1.54, 1.807) is 6.07 Å². The molecule has 4 heteroatoms. The first kappa shape index (κ1) is 13.2. The lowest BCUT2D eigenvalue weighted by Gasteiger charge is -2.06. The van der Waals surface area contributed by atoms with E-state index < -0.39 is 5.82 Å². The smallest absolute Gasteiger partial charge is 0.162 e. The summed E-state index contributed by atoms with van der Waals surface area (Å²) >= 11 is 0. The van der Waals surface area contributed by atoms with Crippen molar-refractivity contribution in [2.24, 2.45) is 0 Å². The van der Waals surface area contributed by atoms with E-state index in [2.05, 4.69) is 0 Å². The molecule has 1 rings (SSSR count). The van der Waals surface area contributed by atoms with Crippen LogP contribution in [-0.4, -0.2) is 12.4 Å². The van der Waals surface area contributed by atoms with Gasteiger partial charge in [0.1, 0.15) is 11.6 Å². The molecule has 0 amide bonds. The van der Waals surface area contributed by atoms with E-state index in [0.717, 1.165) is 12.8 Å². The second kappa shape index (κ2) is 6.64. The highest BCUT2D eigenvalue weighted by molar-refractivity contribution is 5.94. The zero-order valence-corrected chi connectivity index (χ0v) is 9.70. The van der Waals surface area contributed by atoms with Gasteiger partial charge in [-0.1, -0.05) is 0 Å². The molecule has 1 aromatic rings. The molecule has 17 heavy (non-hydrogen) atoms. The Balaban J connectivity index is 2.48. The molecule has 0 radical (unpaired) electrons. The minimum atomic E-state index is -0.563. The molecule has 1 aromatic carbocycles. The quantitative estimate of drug-likeness (QED) is 0.562. The number of hydrogen-bond donors (Lipinski definition) is 0. The lowest BCUT2D eigenvalue weighted by atomic mass is 10.1. The molecule has 0 spiro atoms. The van der Waals surface area contributed by atoms with Gasteiger partial charge >= 0.3 is 0 Å². The maximum absolute atomic E-state index is 13.4. The lowest BCUT2D eigenvalue weighted by molar-refractivity contribution is 0.101. The summed E-state index contributed by atoms with van der Waals surface area (Å²) < 4.78 is 18.7. The Labute approximate surface area is 99.8 Å². The van der Waals surface area contributed by atoms with Gasteiger partial charge in [-0.15, -0.1) is 0 Å². The Bertz CT molecular complexity index is 438. The molecule has 0 bridgehead atoms. The summed E-state index contributed by atoms with van der Waals surface area (Å²) in [7, 11) is 0. The third-order valence-electron chi connectivity index (χ3n) is 2.27. The molecule has 0 unspecified atom stereocenters. The summed E-state index contributed by atoms with van der Waals surface area (Å²) in [6, 6.07) is 6.24. The molecule has 0 atom stereocenters. The van der Waals surface area contributed by atoms with E-state index in [1.807, 2.05) is 6.07 Å². The molecule has 0 fully saturated rings. The number of Topliss-reactive ketones (excluding diaryl/α,β-unsaturated/α-hetero) is 1. The second-order valence-electron chi connectivity index (χ2n) is 3.66. The van der Waals surface area contributed by atoms with Crippen molar-refractivity contribution in [3.05, 3.63) is 29.6 Å². The molecule has 0 saturated carbocycles. The predicted molar refractivity (Wildman–Crippen MR) is 61.4 cm³/mol. The Hall–Kier alpha value is -1.89. The summed E-state index contributed by atoms with van der Waals surface area (Å²) in [5.74, 6) is -0.459. The molecule has 0 aliphatic rings. The van der Waals surface area contributed by atoms with Crippen molar-refractivity contribution in [1.82, 2.24) is 0 Å². The van der Waals surface area contributed by atoms with E-state index in [0.29, 0.717) is 18.8 Å².